The lowest BCUT2D eigenvalue weighted by Gasteiger charge is -2.19. The summed E-state index contributed by atoms with van der Waals surface area (Å²) in [7, 11) is 3.08. The van der Waals surface area contributed by atoms with Crippen LogP contribution in [0.15, 0.2) is 52.9 Å². The summed E-state index contributed by atoms with van der Waals surface area (Å²) < 4.78 is 12.1. The number of carbonyl (C=O) groups is 1. The Hall–Kier alpha value is -3.65. The van der Waals surface area contributed by atoms with E-state index in [1.807, 2.05) is 31.4 Å². The van der Waals surface area contributed by atoms with Crippen LogP contribution in [-0.2, 0) is 4.79 Å². The van der Waals surface area contributed by atoms with Crippen molar-refractivity contribution < 1.29 is 14.3 Å². The molecule has 0 aliphatic heterocycles. The summed E-state index contributed by atoms with van der Waals surface area (Å²) in [5.41, 5.74) is 4.37. The molecule has 0 aliphatic carbocycles. The number of carbonyl (C=O) groups excluding carboxylic acids is 1. The van der Waals surface area contributed by atoms with Crippen LogP contribution in [0.2, 0.25) is 0 Å². The van der Waals surface area contributed by atoms with E-state index in [0.717, 1.165) is 16.7 Å². The van der Waals surface area contributed by atoms with E-state index in [-0.39, 0.29) is 11.5 Å². The smallest absolute Gasteiger partial charge is 0.263 e. The third-order valence-corrected chi connectivity index (χ3v) is 6.91. The number of aryl methyl sites for hydroxylation is 2. The number of thiophene rings is 1. The van der Waals surface area contributed by atoms with Crippen molar-refractivity contribution in [1.82, 2.24) is 9.55 Å². The second kappa shape index (κ2) is 9.69. The maximum atomic E-state index is 13.6. The summed E-state index contributed by atoms with van der Waals surface area (Å²) in [6.07, 6.45) is 1.87. The van der Waals surface area contributed by atoms with Crippen LogP contribution in [-0.4, -0.2) is 29.7 Å². The van der Waals surface area contributed by atoms with Gasteiger partial charge in [-0.3, -0.25) is 14.2 Å². The molecule has 8 heteroatoms. The van der Waals surface area contributed by atoms with Crippen molar-refractivity contribution in [2.75, 3.05) is 19.5 Å². The van der Waals surface area contributed by atoms with E-state index in [1.165, 1.54) is 34.9 Å². The molecule has 176 valence electrons. The number of ether oxygens (including phenoxy) is 2. The molecule has 0 saturated heterocycles. The van der Waals surface area contributed by atoms with Crippen LogP contribution in [0.4, 0.5) is 5.69 Å². The maximum absolute atomic E-state index is 13.6. The molecule has 2 heterocycles. The zero-order chi connectivity index (χ0) is 24.4. The minimum atomic E-state index is -0.743. The molecule has 4 rings (SSSR count). The largest absolute Gasteiger partial charge is 0.497 e. The summed E-state index contributed by atoms with van der Waals surface area (Å²) >= 11 is 1.43. The minimum absolute atomic E-state index is 0.237. The summed E-state index contributed by atoms with van der Waals surface area (Å²) in [6.45, 7) is 5.97. The molecular formula is C26H27N3O4S. The van der Waals surface area contributed by atoms with Gasteiger partial charge in [0.1, 0.15) is 22.4 Å². The first-order valence-corrected chi connectivity index (χ1v) is 11.8. The number of fused-ring (bicyclic) bond motifs is 1. The van der Waals surface area contributed by atoms with Crippen molar-refractivity contribution in [1.29, 1.82) is 0 Å². The van der Waals surface area contributed by atoms with E-state index in [2.05, 4.69) is 23.3 Å². The predicted molar refractivity (Wildman–Crippen MR) is 136 cm³/mol. The Balaban J connectivity index is 1.75. The quantitative estimate of drug-likeness (QED) is 0.388. The molecule has 2 aromatic heterocycles. The van der Waals surface area contributed by atoms with Crippen molar-refractivity contribution >= 4 is 33.1 Å². The lowest BCUT2D eigenvalue weighted by atomic mass is 10.0. The molecule has 7 nitrogen and oxygen atoms in total. The normalized spacial score (nSPS) is 11.9. The van der Waals surface area contributed by atoms with Crippen molar-refractivity contribution in [3.8, 4) is 22.6 Å². The molecule has 1 N–H and O–H groups in total. The molecule has 4 aromatic rings. The number of methoxy groups -OCH3 is 2. The number of rotatable bonds is 7. The zero-order valence-corrected chi connectivity index (χ0v) is 20.7. The van der Waals surface area contributed by atoms with Gasteiger partial charge in [-0.1, -0.05) is 25.1 Å². The van der Waals surface area contributed by atoms with Gasteiger partial charge in [0.25, 0.3) is 5.56 Å². The van der Waals surface area contributed by atoms with Crippen molar-refractivity contribution in [3.63, 3.8) is 0 Å². The molecule has 1 unspecified atom stereocenters. The first-order valence-electron chi connectivity index (χ1n) is 11.0. The van der Waals surface area contributed by atoms with Gasteiger partial charge >= 0.3 is 0 Å². The number of hydrogen-bond acceptors (Lipinski definition) is 6. The summed E-state index contributed by atoms with van der Waals surface area (Å²) in [4.78, 5) is 32.1. The molecule has 0 fully saturated rings. The molecule has 0 aliphatic rings. The van der Waals surface area contributed by atoms with Gasteiger partial charge < -0.3 is 14.8 Å². The Bertz CT molecular complexity index is 1420. The molecule has 0 radical (unpaired) electrons. The molecular weight excluding hydrogens is 450 g/mol. The Morgan fingerprint density at radius 2 is 1.91 bits per heavy atom. The first-order chi connectivity index (χ1) is 16.4. The summed E-state index contributed by atoms with van der Waals surface area (Å²) in [5, 5.41) is 5.37. The Morgan fingerprint density at radius 1 is 1.12 bits per heavy atom. The number of benzene rings is 2. The fourth-order valence-electron chi connectivity index (χ4n) is 3.93. The summed E-state index contributed by atoms with van der Waals surface area (Å²) in [6, 6.07) is 10.5. The third kappa shape index (κ3) is 4.28. The molecule has 34 heavy (non-hydrogen) atoms. The van der Waals surface area contributed by atoms with Gasteiger partial charge in [0.05, 0.1) is 31.6 Å². The second-order valence-electron chi connectivity index (χ2n) is 8.07. The van der Waals surface area contributed by atoms with Gasteiger partial charge in [-0.05, 0) is 49.1 Å². The van der Waals surface area contributed by atoms with E-state index in [0.29, 0.717) is 33.8 Å². The average Bonchev–Trinajstić information content (AvgIpc) is 3.27. The van der Waals surface area contributed by atoms with Crippen LogP contribution in [0.25, 0.3) is 21.3 Å². The minimum Gasteiger partial charge on any atom is -0.497 e. The van der Waals surface area contributed by atoms with Gasteiger partial charge in [-0.15, -0.1) is 11.3 Å². The Kier molecular flexibility index (Phi) is 6.70. The number of amides is 1. The van der Waals surface area contributed by atoms with Gasteiger partial charge in [-0.25, -0.2) is 4.98 Å². The highest BCUT2D eigenvalue weighted by Crippen LogP contribution is 2.33. The standard InChI is InChI=1S/C26H27N3O4S/c1-6-21(24(30)28-20-12-18(32-4)9-10-22(20)33-5)29-14-27-25-23(26(29)31)19(13-34-25)17-8-7-15(2)16(3)11-17/h7-14,21H,6H2,1-5H3,(H,28,30). The highest BCUT2D eigenvalue weighted by atomic mass is 32.1. The predicted octanol–water partition coefficient (Wildman–Crippen LogP) is 5.35. The first kappa shape index (κ1) is 23.5. The van der Waals surface area contributed by atoms with Gasteiger partial charge in [-0.2, -0.15) is 0 Å². The zero-order valence-electron chi connectivity index (χ0n) is 19.8. The van der Waals surface area contributed by atoms with Crippen LogP contribution >= 0.6 is 11.3 Å². The number of aromatic nitrogens is 2. The fraction of sp³-hybridized carbons (Fsp3) is 0.269. The highest BCUT2D eigenvalue weighted by molar-refractivity contribution is 7.17. The van der Waals surface area contributed by atoms with Crippen LogP contribution in [0.5, 0.6) is 11.5 Å². The van der Waals surface area contributed by atoms with Crippen molar-refractivity contribution in [3.05, 3.63) is 69.6 Å². The SMILES string of the molecule is CCC(C(=O)Nc1cc(OC)ccc1OC)n1cnc2scc(-c3ccc(C)c(C)c3)c2c1=O. The van der Waals surface area contributed by atoms with E-state index < -0.39 is 6.04 Å². The molecule has 2 aromatic carbocycles. The van der Waals surface area contributed by atoms with E-state index in [9.17, 15) is 9.59 Å². The van der Waals surface area contributed by atoms with Crippen LogP contribution in [0.1, 0.15) is 30.5 Å². The topological polar surface area (TPSA) is 82.4 Å². The second-order valence-corrected chi connectivity index (χ2v) is 8.92. The number of anilines is 1. The molecule has 0 bridgehead atoms. The monoisotopic (exact) mass is 477 g/mol. The Labute approximate surface area is 202 Å². The Morgan fingerprint density at radius 3 is 2.59 bits per heavy atom. The number of nitrogens with zero attached hydrogens (tertiary/aromatic N) is 2. The average molecular weight is 478 g/mol. The van der Waals surface area contributed by atoms with E-state index in [1.54, 1.807) is 25.3 Å². The van der Waals surface area contributed by atoms with Gasteiger partial charge in [0.15, 0.2) is 0 Å². The highest BCUT2D eigenvalue weighted by Gasteiger charge is 2.24. The fourth-order valence-corrected chi connectivity index (χ4v) is 4.83. The van der Waals surface area contributed by atoms with E-state index in [4.69, 9.17) is 9.47 Å². The third-order valence-electron chi connectivity index (χ3n) is 6.03. The number of nitrogens with one attached hydrogen (secondary N) is 1. The molecule has 1 atom stereocenters. The molecule has 0 spiro atoms. The van der Waals surface area contributed by atoms with E-state index >= 15 is 0 Å². The number of hydrogen-bond donors (Lipinski definition) is 1. The van der Waals surface area contributed by atoms with Crippen LogP contribution in [0, 0.1) is 13.8 Å². The molecule has 1 amide bonds. The molecule has 0 saturated carbocycles. The lowest BCUT2D eigenvalue weighted by molar-refractivity contribution is -0.119. The van der Waals surface area contributed by atoms with Crippen LogP contribution < -0.4 is 20.3 Å². The maximum Gasteiger partial charge on any atom is 0.263 e. The summed E-state index contributed by atoms with van der Waals surface area (Å²) in [5.74, 6) is 0.751. The lowest BCUT2D eigenvalue weighted by Crippen LogP contribution is -2.33. The van der Waals surface area contributed by atoms with Gasteiger partial charge in [0.2, 0.25) is 5.91 Å². The van der Waals surface area contributed by atoms with Crippen molar-refractivity contribution in [2.24, 2.45) is 0 Å². The van der Waals surface area contributed by atoms with Crippen molar-refractivity contribution in [2.45, 2.75) is 33.2 Å². The van der Waals surface area contributed by atoms with Crippen LogP contribution in [0.3, 0.4) is 0 Å². The van der Waals surface area contributed by atoms with Gasteiger partial charge in [0, 0.05) is 17.0 Å².